The highest BCUT2D eigenvalue weighted by atomic mass is 79.9. The number of carbonyl (C=O) groups excluding carboxylic acids is 1. The lowest BCUT2D eigenvalue weighted by atomic mass is 10.3. The number of rotatable bonds is 5. The molecule has 1 saturated heterocycles. The molecule has 3 N–H and O–H groups in total. The summed E-state index contributed by atoms with van der Waals surface area (Å²) in [6.45, 7) is 5.48. The first-order chi connectivity index (χ1) is 11.6. The first-order valence-corrected chi connectivity index (χ1v) is 9.67. The fraction of sp³-hybridized carbons (Fsp3) is 0.353. The lowest BCUT2D eigenvalue weighted by Crippen LogP contribution is -3.28. The molecule has 2 aromatic rings. The molecule has 1 aliphatic heterocycles. The van der Waals surface area contributed by atoms with E-state index in [0.29, 0.717) is 6.54 Å². The maximum Gasteiger partial charge on any atom is 0.279 e. The van der Waals surface area contributed by atoms with E-state index in [4.69, 9.17) is 0 Å². The van der Waals surface area contributed by atoms with E-state index in [1.165, 1.54) is 19.6 Å². The summed E-state index contributed by atoms with van der Waals surface area (Å²) >= 11 is 5.28. The number of hydrogen-bond donors (Lipinski definition) is 3. The Bertz CT molecular complexity index is 701. The number of halogens is 2. The van der Waals surface area contributed by atoms with Crippen LogP contribution >= 0.6 is 27.3 Å². The van der Waals surface area contributed by atoms with Crippen LogP contribution in [0.25, 0.3) is 0 Å². The number of nitrogens with one attached hydrogen (secondary N) is 3. The molecule has 0 spiro atoms. The van der Waals surface area contributed by atoms with Gasteiger partial charge in [0, 0.05) is 0 Å². The molecule has 0 aliphatic carbocycles. The van der Waals surface area contributed by atoms with E-state index < -0.39 is 5.82 Å². The van der Waals surface area contributed by atoms with E-state index in [9.17, 15) is 9.18 Å². The Labute approximate surface area is 153 Å². The summed E-state index contributed by atoms with van der Waals surface area (Å²) in [6.07, 6.45) is 0. The van der Waals surface area contributed by atoms with Gasteiger partial charge in [0.1, 0.15) is 38.5 Å². The molecule has 2 heterocycles. The van der Waals surface area contributed by atoms with Gasteiger partial charge in [-0.25, -0.2) is 4.39 Å². The summed E-state index contributed by atoms with van der Waals surface area (Å²) in [5.41, 5.74) is 0.259. The van der Waals surface area contributed by atoms with Gasteiger partial charge in [-0.2, -0.15) is 0 Å². The highest BCUT2D eigenvalue weighted by molar-refractivity contribution is 9.11. The monoisotopic (exact) mass is 413 g/mol. The fourth-order valence-electron chi connectivity index (χ4n) is 2.99. The summed E-state index contributed by atoms with van der Waals surface area (Å²) in [6, 6.07) is 10.5. The lowest BCUT2D eigenvalue weighted by molar-refractivity contribution is -1.01. The number of anilines is 1. The second kappa shape index (κ2) is 8.20. The number of amides is 1. The molecule has 1 amide bonds. The van der Waals surface area contributed by atoms with Gasteiger partial charge >= 0.3 is 0 Å². The third kappa shape index (κ3) is 4.86. The van der Waals surface area contributed by atoms with Crippen LogP contribution in [0.1, 0.15) is 4.88 Å². The van der Waals surface area contributed by atoms with Crippen molar-refractivity contribution in [1.29, 1.82) is 0 Å². The van der Waals surface area contributed by atoms with Crippen LogP contribution in [-0.2, 0) is 11.3 Å². The third-order valence-corrected chi connectivity index (χ3v) is 5.90. The van der Waals surface area contributed by atoms with Crippen molar-refractivity contribution in [2.24, 2.45) is 0 Å². The predicted molar refractivity (Wildman–Crippen MR) is 97.0 cm³/mol. The molecule has 1 aromatic carbocycles. The molecule has 1 aliphatic rings. The molecule has 24 heavy (non-hydrogen) atoms. The molecule has 0 atom stereocenters. The van der Waals surface area contributed by atoms with Crippen LogP contribution in [0.2, 0.25) is 0 Å². The molecule has 0 saturated carbocycles. The number of para-hydroxylation sites is 1. The Kier molecular flexibility index (Phi) is 5.99. The van der Waals surface area contributed by atoms with Crippen LogP contribution in [0.4, 0.5) is 10.1 Å². The number of quaternary nitrogens is 2. The summed E-state index contributed by atoms with van der Waals surface area (Å²) in [5.74, 6) is -0.516. The first kappa shape index (κ1) is 17.5. The van der Waals surface area contributed by atoms with Gasteiger partial charge in [-0.1, -0.05) is 12.1 Å². The van der Waals surface area contributed by atoms with Gasteiger partial charge in [0.25, 0.3) is 5.91 Å². The highest BCUT2D eigenvalue weighted by Gasteiger charge is 2.25. The number of thiophene rings is 1. The van der Waals surface area contributed by atoms with E-state index >= 15 is 0 Å². The summed E-state index contributed by atoms with van der Waals surface area (Å²) in [5, 5.41) is 2.67. The molecule has 4 nitrogen and oxygen atoms in total. The predicted octanol–water partition coefficient (Wildman–Crippen LogP) is 0.572. The quantitative estimate of drug-likeness (QED) is 0.658. The van der Waals surface area contributed by atoms with Crippen LogP contribution in [-0.4, -0.2) is 38.6 Å². The van der Waals surface area contributed by atoms with Gasteiger partial charge in [0.05, 0.1) is 14.4 Å². The number of carbonyl (C=O) groups is 1. The second-order valence-corrected chi connectivity index (χ2v) is 8.63. The zero-order valence-corrected chi connectivity index (χ0v) is 15.7. The normalized spacial score (nSPS) is 20.8. The number of benzene rings is 1. The summed E-state index contributed by atoms with van der Waals surface area (Å²) in [7, 11) is 0. The zero-order chi connectivity index (χ0) is 16.9. The SMILES string of the molecule is O=C(C[NH+]1CC[NH+](Cc2ccc(Br)s2)CC1)Nc1ccccc1F. The molecule has 7 heteroatoms. The van der Waals surface area contributed by atoms with Gasteiger partial charge in [-0.15, -0.1) is 11.3 Å². The molecular formula is C17H21BrFN3OS+2. The van der Waals surface area contributed by atoms with Crippen molar-refractivity contribution in [2.45, 2.75) is 6.54 Å². The van der Waals surface area contributed by atoms with Crippen LogP contribution < -0.4 is 15.1 Å². The number of hydrogen-bond acceptors (Lipinski definition) is 2. The van der Waals surface area contributed by atoms with Crippen LogP contribution in [0.5, 0.6) is 0 Å². The molecule has 1 aromatic heterocycles. The van der Waals surface area contributed by atoms with E-state index in [1.54, 1.807) is 34.4 Å². The van der Waals surface area contributed by atoms with Crippen molar-refractivity contribution in [1.82, 2.24) is 0 Å². The van der Waals surface area contributed by atoms with E-state index in [0.717, 1.165) is 32.7 Å². The smallest absolute Gasteiger partial charge is 0.279 e. The van der Waals surface area contributed by atoms with Crippen LogP contribution in [0.3, 0.4) is 0 Å². The molecule has 1 fully saturated rings. The molecular weight excluding hydrogens is 393 g/mol. The van der Waals surface area contributed by atoms with E-state index in [1.807, 2.05) is 0 Å². The fourth-order valence-corrected chi connectivity index (χ4v) is 4.54. The van der Waals surface area contributed by atoms with Gasteiger partial charge in [-0.05, 0) is 40.2 Å². The minimum absolute atomic E-state index is 0.124. The number of piperazine rings is 1. The molecule has 128 valence electrons. The van der Waals surface area contributed by atoms with Crippen molar-refractivity contribution in [3.8, 4) is 0 Å². The van der Waals surface area contributed by atoms with Crippen molar-refractivity contribution in [2.75, 3.05) is 38.0 Å². The molecule has 0 unspecified atom stereocenters. The lowest BCUT2D eigenvalue weighted by Gasteiger charge is -2.29. The molecule has 3 rings (SSSR count). The van der Waals surface area contributed by atoms with Crippen molar-refractivity contribution >= 4 is 38.9 Å². The van der Waals surface area contributed by atoms with Crippen molar-refractivity contribution < 1.29 is 19.0 Å². The largest absolute Gasteiger partial charge is 0.321 e. The first-order valence-electron chi connectivity index (χ1n) is 8.06. The van der Waals surface area contributed by atoms with Gasteiger partial charge in [-0.3, -0.25) is 4.79 Å². The van der Waals surface area contributed by atoms with E-state index in [2.05, 4.69) is 33.4 Å². The highest BCUT2D eigenvalue weighted by Crippen LogP contribution is 2.21. The maximum absolute atomic E-state index is 13.6. The van der Waals surface area contributed by atoms with Crippen molar-refractivity contribution in [3.05, 3.63) is 50.9 Å². The average molecular weight is 414 g/mol. The Balaban J connectivity index is 1.43. The van der Waals surface area contributed by atoms with E-state index in [-0.39, 0.29) is 11.6 Å². The Morgan fingerprint density at radius 3 is 2.50 bits per heavy atom. The minimum atomic E-state index is -0.391. The van der Waals surface area contributed by atoms with Crippen LogP contribution in [0.15, 0.2) is 40.2 Å². The summed E-state index contributed by atoms with van der Waals surface area (Å²) in [4.78, 5) is 16.3. The second-order valence-electron chi connectivity index (χ2n) is 6.09. The third-order valence-electron chi connectivity index (χ3n) is 4.28. The topological polar surface area (TPSA) is 38.0 Å². The Morgan fingerprint density at radius 2 is 1.83 bits per heavy atom. The van der Waals surface area contributed by atoms with Crippen molar-refractivity contribution in [3.63, 3.8) is 0 Å². The standard InChI is InChI=1S/C17H19BrFN3OS/c18-16-6-5-13(24-16)11-21-7-9-22(10-8-21)12-17(23)20-15-4-2-1-3-14(15)19/h1-6H,7-12H2,(H,20,23)/p+2. The van der Waals surface area contributed by atoms with Crippen LogP contribution in [0, 0.1) is 5.82 Å². The molecule has 0 radical (unpaired) electrons. The Morgan fingerprint density at radius 1 is 1.12 bits per heavy atom. The van der Waals surface area contributed by atoms with Gasteiger partial charge in [0.2, 0.25) is 0 Å². The van der Waals surface area contributed by atoms with Gasteiger partial charge < -0.3 is 15.1 Å². The summed E-state index contributed by atoms with van der Waals surface area (Å²) < 4.78 is 14.7. The average Bonchev–Trinajstić information content (AvgIpc) is 2.96. The maximum atomic E-state index is 13.6. The Hall–Kier alpha value is -1.28. The zero-order valence-electron chi connectivity index (χ0n) is 13.3. The molecule has 0 bridgehead atoms. The minimum Gasteiger partial charge on any atom is -0.321 e. The van der Waals surface area contributed by atoms with Gasteiger partial charge in [0.15, 0.2) is 6.54 Å².